The van der Waals surface area contributed by atoms with Crippen molar-refractivity contribution in [3.63, 3.8) is 0 Å². The van der Waals surface area contributed by atoms with Gasteiger partial charge in [0, 0.05) is 17.3 Å². The van der Waals surface area contributed by atoms with Crippen molar-refractivity contribution >= 4 is 44.6 Å². The Morgan fingerprint density at radius 2 is 1.90 bits per heavy atom. The Morgan fingerprint density at radius 3 is 2.63 bits per heavy atom. The Kier molecular flexibility index (Phi) is 5.83. The van der Waals surface area contributed by atoms with Gasteiger partial charge < -0.3 is 5.32 Å². The van der Waals surface area contributed by atoms with Crippen molar-refractivity contribution in [2.24, 2.45) is 0 Å². The monoisotopic (exact) mass is 466 g/mol. The summed E-state index contributed by atoms with van der Waals surface area (Å²) in [6.07, 6.45) is 1.12. The molecular weight excluding hydrogens is 451 g/mol. The highest BCUT2D eigenvalue weighted by Crippen LogP contribution is 2.38. The average molecular weight is 467 g/mol. The fourth-order valence-corrected chi connectivity index (χ4v) is 6.04. The van der Waals surface area contributed by atoms with E-state index >= 15 is 0 Å². The number of carbonyl (C=O) groups excluding carboxylic acids is 1. The van der Waals surface area contributed by atoms with E-state index in [0.29, 0.717) is 28.6 Å². The van der Waals surface area contributed by atoms with E-state index in [9.17, 15) is 17.6 Å². The van der Waals surface area contributed by atoms with Crippen LogP contribution in [0.2, 0.25) is 5.02 Å². The number of hydrogen-bond donors (Lipinski definition) is 1. The van der Waals surface area contributed by atoms with Crippen LogP contribution in [0.5, 0.6) is 0 Å². The molecule has 0 radical (unpaired) electrons. The van der Waals surface area contributed by atoms with E-state index in [4.69, 9.17) is 11.6 Å². The third kappa shape index (κ3) is 4.08. The number of hydrogen-bond acceptors (Lipinski definition) is 6. The summed E-state index contributed by atoms with van der Waals surface area (Å²) in [5.74, 6) is -1.26. The minimum absolute atomic E-state index is 0.107. The SMILES string of the molecule is O=C(Nc1ccc(Cl)cc1)c1nnc([C@@H]2CCCN2S(=O)(=O)c2ccccc2F)s1. The van der Waals surface area contributed by atoms with Crippen molar-refractivity contribution in [3.8, 4) is 0 Å². The lowest BCUT2D eigenvalue weighted by Crippen LogP contribution is -2.31. The second kappa shape index (κ2) is 8.38. The van der Waals surface area contributed by atoms with Crippen molar-refractivity contribution in [1.82, 2.24) is 14.5 Å². The van der Waals surface area contributed by atoms with Gasteiger partial charge in [-0.2, -0.15) is 4.31 Å². The van der Waals surface area contributed by atoms with Gasteiger partial charge in [0.25, 0.3) is 5.91 Å². The molecule has 2 heterocycles. The first-order chi connectivity index (χ1) is 14.4. The minimum Gasteiger partial charge on any atom is -0.320 e. The molecule has 0 aliphatic carbocycles. The Morgan fingerprint density at radius 1 is 1.17 bits per heavy atom. The van der Waals surface area contributed by atoms with Gasteiger partial charge in [0.05, 0.1) is 6.04 Å². The highest BCUT2D eigenvalue weighted by Gasteiger charge is 2.39. The number of aromatic nitrogens is 2. The molecule has 0 unspecified atom stereocenters. The standard InChI is InChI=1S/C19H16ClFN4O3S2/c20-12-7-9-13(10-8-12)22-17(26)19-24-23-18(29-19)15-5-3-11-25(15)30(27,28)16-6-2-1-4-14(16)21/h1-2,4,6-10,15H,3,5,11H2,(H,22,26)/t15-/m0/s1. The molecule has 1 aliphatic heterocycles. The van der Waals surface area contributed by atoms with Crippen LogP contribution in [0.1, 0.15) is 33.7 Å². The molecule has 1 aliphatic rings. The molecule has 1 saturated heterocycles. The number of halogens is 2. The zero-order valence-electron chi connectivity index (χ0n) is 15.5. The van der Waals surface area contributed by atoms with Gasteiger partial charge in [0.1, 0.15) is 15.7 Å². The molecule has 1 atom stereocenters. The van der Waals surface area contributed by atoms with Gasteiger partial charge in [0.2, 0.25) is 15.0 Å². The number of rotatable bonds is 5. The molecule has 156 valence electrons. The number of anilines is 1. The molecule has 1 N–H and O–H groups in total. The molecule has 4 rings (SSSR count). The molecule has 0 saturated carbocycles. The van der Waals surface area contributed by atoms with Crippen LogP contribution in [0.4, 0.5) is 10.1 Å². The van der Waals surface area contributed by atoms with Crippen molar-refractivity contribution in [3.05, 3.63) is 69.4 Å². The fourth-order valence-electron chi connectivity index (χ4n) is 3.23. The largest absolute Gasteiger partial charge is 0.320 e. The minimum atomic E-state index is -4.05. The lowest BCUT2D eigenvalue weighted by molar-refractivity contribution is 0.102. The maximum absolute atomic E-state index is 14.1. The summed E-state index contributed by atoms with van der Waals surface area (Å²) in [4.78, 5) is 12.1. The quantitative estimate of drug-likeness (QED) is 0.611. The molecule has 2 aromatic carbocycles. The third-order valence-corrected chi connectivity index (χ3v) is 7.87. The fraction of sp³-hybridized carbons (Fsp3) is 0.211. The van der Waals surface area contributed by atoms with Crippen LogP contribution in [-0.4, -0.2) is 35.4 Å². The highest BCUT2D eigenvalue weighted by molar-refractivity contribution is 7.89. The van der Waals surface area contributed by atoms with Gasteiger partial charge in [-0.05, 0) is 49.2 Å². The van der Waals surface area contributed by atoms with Gasteiger partial charge in [-0.3, -0.25) is 4.79 Å². The molecule has 0 bridgehead atoms. The van der Waals surface area contributed by atoms with Gasteiger partial charge in [-0.25, -0.2) is 12.8 Å². The summed E-state index contributed by atoms with van der Waals surface area (Å²) in [6.45, 7) is 0.243. The molecule has 3 aromatic rings. The zero-order chi connectivity index (χ0) is 21.3. The van der Waals surface area contributed by atoms with Gasteiger partial charge >= 0.3 is 0 Å². The summed E-state index contributed by atoms with van der Waals surface area (Å²) in [7, 11) is -4.05. The third-order valence-electron chi connectivity index (χ3n) is 4.65. The second-order valence-corrected chi connectivity index (χ2v) is 9.92. The second-order valence-electron chi connectivity index (χ2n) is 6.61. The first kappa shape index (κ1) is 20.9. The molecule has 11 heteroatoms. The molecule has 0 spiro atoms. The Labute approximate surface area is 181 Å². The summed E-state index contributed by atoms with van der Waals surface area (Å²) in [5, 5.41) is 11.7. The van der Waals surface area contributed by atoms with Crippen molar-refractivity contribution in [2.75, 3.05) is 11.9 Å². The molecule has 1 fully saturated rings. The average Bonchev–Trinajstić information content (AvgIpc) is 3.39. The van der Waals surface area contributed by atoms with Crippen LogP contribution >= 0.6 is 22.9 Å². The lowest BCUT2D eigenvalue weighted by Gasteiger charge is -2.22. The number of amides is 1. The summed E-state index contributed by atoms with van der Waals surface area (Å²) in [5.41, 5.74) is 0.547. The molecule has 1 amide bonds. The van der Waals surface area contributed by atoms with Crippen LogP contribution in [0, 0.1) is 5.82 Å². The van der Waals surface area contributed by atoms with Crippen LogP contribution in [-0.2, 0) is 10.0 Å². The van der Waals surface area contributed by atoms with Crippen molar-refractivity contribution < 1.29 is 17.6 Å². The molecule has 7 nitrogen and oxygen atoms in total. The molecule has 30 heavy (non-hydrogen) atoms. The number of benzene rings is 2. The predicted molar refractivity (Wildman–Crippen MR) is 112 cm³/mol. The van der Waals surface area contributed by atoms with E-state index in [0.717, 1.165) is 17.4 Å². The summed E-state index contributed by atoms with van der Waals surface area (Å²) >= 11 is 6.86. The maximum Gasteiger partial charge on any atom is 0.286 e. The van der Waals surface area contributed by atoms with E-state index < -0.39 is 27.8 Å². The highest BCUT2D eigenvalue weighted by atomic mass is 35.5. The van der Waals surface area contributed by atoms with Crippen LogP contribution in [0.15, 0.2) is 53.4 Å². The van der Waals surface area contributed by atoms with E-state index in [1.54, 1.807) is 24.3 Å². The predicted octanol–water partition coefficient (Wildman–Crippen LogP) is 4.11. The summed E-state index contributed by atoms with van der Waals surface area (Å²) in [6, 6.07) is 11.3. The number of sulfonamides is 1. The summed E-state index contributed by atoms with van der Waals surface area (Å²) < 4.78 is 41.3. The smallest absolute Gasteiger partial charge is 0.286 e. The number of carbonyl (C=O) groups is 1. The lowest BCUT2D eigenvalue weighted by atomic mass is 10.2. The van der Waals surface area contributed by atoms with Gasteiger partial charge in [0.15, 0.2) is 0 Å². The Balaban J connectivity index is 1.55. The van der Waals surface area contributed by atoms with Gasteiger partial charge in [-0.1, -0.05) is 35.1 Å². The Bertz CT molecular complexity index is 1180. The van der Waals surface area contributed by atoms with E-state index in [1.807, 2.05) is 0 Å². The molecule has 1 aromatic heterocycles. The van der Waals surface area contributed by atoms with Gasteiger partial charge in [-0.15, -0.1) is 10.2 Å². The van der Waals surface area contributed by atoms with Crippen LogP contribution in [0.25, 0.3) is 0 Å². The normalized spacial score (nSPS) is 17.2. The van der Waals surface area contributed by atoms with E-state index in [1.165, 1.54) is 22.5 Å². The first-order valence-corrected chi connectivity index (χ1v) is 11.7. The van der Waals surface area contributed by atoms with Crippen molar-refractivity contribution in [2.45, 2.75) is 23.8 Å². The number of nitrogens with one attached hydrogen (secondary N) is 1. The van der Waals surface area contributed by atoms with E-state index in [-0.39, 0.29) is 16.4 Å². The molecular formula is C19H16ClFN4O3S2. The topological polar surface area (TPSA) is 92.3 Å². The first-order valence-electron chi connectivity index (χ1n) is 9.03. The zero-order valence-corrected chi connectivity index (χ0v) is 17.8. The Hall–Kier alpha value is -2.40. The van der Waals surface area contributed by atoms with Crippen LogP contribution in [0.3, 0.4) is 0 Å². The number of nitrogens with zero attached hydrogens (tertiary/aromatic N) is 3. The van der Waals surface area contributed by atoms with Crippen LogP contribution < -0.4 is 5.32 Å². The van der Waals surface area contributed by atoms with E-state index in [2.05, 4.69) is 15.5 Å². The maximum atomic E-state index is 14.1. The van der Waals surface area contributed by atoms with Crippen molar-refractivity contribution in [1.29, 1.82) is 0 Å².